The standard InChI is InChI=1S/C19H16FN5O2S/c1-11-16(9-21-18(27)14-7-8-17(26)24(2)23-14)28-19-22-15(10-25(11)19)12-3-5-13(20)6-4-12/h3-8,10H,9H2,1-2H3,(H,21,27). The van der Waals surface area contributed by atoms with E-state index in [0.29, 0.717) is 6.54 Å². The summed E-state index contributed by atoms with van der Waals surface area (Å²) in [6, 6.07) is 8.91. The predicted molar refractivity (Wildman–Crippen MR) is 104 cm³/mol. The molecule has 0 fully saturated rings. The fraction of sp³-hybridized carbons (Fsp3) is 0.158. The van der Waals surface area contributed by atoms with E-state index in [-0.39, 0.29) is 23.0 Å². The lowest BCUT2D eigenvalue weighted by molar-refractivity contribution is 0.0944. The predicted octanol–water partition coefficient (Wildman–Crippen LogP) is 2.53. The Morgan fingerprint density at radius 1 is 1.21 bits per heavy atom. The summed E-state index contributed by atoms with van der Waals surface area (Å²) in [5.74, 6) is -0.639. The average Bonchev–Trinajstić information content (AvgIpc) is 3.22. The Balaban J connectivity index is 1.53. The third-order valence-corrected chi connectivity index (χ3v) is 5.55. The fourth-order valence-electron chi connectivity index (χ4n) is 2.79. The van der Waals surface area contributed by atoms with Gasteiger partial charge in [0.05, 0.1) is 12.2 Å². The van der Waals surface area contributed by atoms with Crippen molar-refractivity contribution in [1.29, 1.82) is 0 Å². The van der Waals surface area contributed by atoms with Crippen LogP contribution in [0.25, 0.3) is 16.2 Å². The van der Waals surface area contributed by atoms with Gasteiger partial charge in [-0.25, -0.2) is 14.1 Å². The van der Waals surface area contributed by atoms with Crippen LogP contribution in [0.1, 0.15) is 21.1 Å². The van der Waals surface area contributed by atoms with Gasteiger partial charge in [0, 0.05) is 35.4 Å². The number of nitrogens with one attached hydrogen (secondary N) is 1. The number of aromatic nitrogens is 4. The van der Waals surface area contributed by atoms with Crippen LogP contribution in [0.3, 0.4) is 0 Å². The second kappa shape index (κ2) is 7.01. The van der Waals surface area contributed by atoms with Crippen LogP contribution in [0.4, 0.5) is 4.39 Å². The summed E-state index contributed by atoms with van der Waals surface area (Å²) in [6.07, 6.45) is 1.90. The lowest BCUT2D eigenvalue weighted by atomic mass is 10.2. The highest BCUT2D eigenvalue weighted by atomic mass is 32.1. The van der Waals surface area contributed by atoms with Gasteiger partial charge in [0.25, 0.3) is 11.5 Å². The third-order valence-electron chi connectivity index (χ3n) is 4.40. The second-order valence-corrected chi connectivity index (χ2v) is 7.32. The molecule has 0 atom stereocenters. The number of thiazole rings is 1. The van der Waals surface area contributed by atoms with Gasteiger partial charge in [0.15, 0.2) is 4.96 Å². The smallest absolute Gasteiger partial charge is 0.272 e. The van der Waals surface area contributed by atoms with Crippen molar-refractivity contribution in [2.45, 2.75) is 13.5 Å². The van der Waals surface area contributed by atoms with Crippen molar-refractivity contribution >= 4 is 22.2 Å². The Bertz CT molecular complexity index is 1240. The number of aryl methyl sites for hydroxylation is 2. The molecule has 0 radical (unpaired) electrons. The summed E-state index contributed by atoms with van der Waals surface area (Å²) in [5.41, 5.74) is 2.48. The normalized spacial score (nSPS) is 11.1. The molecule has 4 aromatic rings. The number of amides is 1. The molecule has 0 saturated heterocycles. The van der Waals surface area contributed by atoms with Gasteiger partial charge in [0.2, 0.25) is 0 Å². The van der Waals surface area contributed by atoms with Crippen molar-refractivity contribution in [1.82, 2.24) is 24.5 Å². The van der Waals surface area contributed by atoms with E-state index in [1.165, 1.54) is 42.6 Å². The van der Waals surface area contributed by atoms with Crippen molar-refractivity contribution in [3.8, 4) is 11.3 Å². The monoisotopic (exact) mass is 397 g/mol. The summed E-state index contributed by atoms with van der Waals surface area (Å²) >= 11 is 1.47. The van der Waals surface area contributed by atoms with E-state index < -0.39 is 0 Å². The van der Waals surface area contributed by atoms with E-state index >= 15 is 0 Å². The Hall–Kier alpha value is -3.33. The van der Waals surface area contributed by atoms with Crippen molar-refractivity contribution in [3.63, 3.8) is 0 Å². The number of nitrogens with zero attached hydrogens (tertiary/aromatic N) is 4. The fourth-order valence-corrected chi connectivity index (χ4v) is 3.83. The number of carbonyl (C=O) groups is 1. The Labute approximate surface area is 163 Å². The average molecular weight is 397 g/mol. The summed E-state index contributed by atoms with van der Waals surface area (Å²) in [6.45, 7) is 2.28. The molecule has 1 N–H and O–H groups in total. The first-order chi connectivity index (χ1) is 13.4. The lowest BCUT2D eigenvalue weighted by Crippen LogP contribution is -2.28. The molecule has 0 unspecified atom stereocenters. The van der Waals surface area contributed by atoms with Crippen LogP contribution in [0.5, 0.6) is 0 Å². The highest BCUT2D eigenvalue weighted by Gasteiger charge is 2.15. The number of hydrogen-bond acceptors (Lipinski definition) is 5. The number of carbonyl (C=O) groups excluding carboxylic acids is 1. The molecule has 3 aromatic heterocycles. The number of halogens is 1. The lowest BCUT2D eigenvalue weighted by Gasteiger charge is -2.05. The molecular weight excluding hydrogens is 381 g/mol. The number of rotatable bonds is 4. The molecule has 0 aliphatic carbocycles. The van der Waals surface area contributed by atoms with Crippen LogP contribution >= 0.6 is 11.3 Å². The van der Waals surface area contributed by atoms with E-state index in [0.717, 1.165) is 31.5 Å². The first-order valence-corrected chi connectivity index (χ1v) is 9.30. The summed E-state index contributed by atoms with van der Waals surface area (Å²) in [7, 11) is 1.50. The Morgan fingerprint density at radius 2 is 1.96 bits per heavy atom. The summed E-state index contributed by atoms with van der Waals surface area (Å²) < 4.78 is 16.2. The SMILES string of the molecule is Cc1c(CNC(=O)c2ccc(=O)n(C)n2)sc2nc(-c3ccc(F)cc3)cn12. The van der Waals surface area contributed by atoms with E-state index in [2.05, 4.69) is 15.4 Å². The summed E-state index contributed by atoms with van der Waals surface area (Å²) in [4.78, 5) is 30.0. The largest absolute Gasteiger partial charge is 0.346 e. The molecule has 1 aromatic carbocycles. The zero-order chi connectivity index (χ0) is 19.8. The molecule has 0 spiro atoms. The molecule has 7 nitrogen and oxygen atoms in total. The van der Waals surface area contributed by atoms with Crippen molar-refractivity contribution in [2.24, 2.45) is 7.05 Å². The minimum absolute atomic E-state index is 0.180. The molecule has 0 bridgehead atoms. The van der Waals surface area contributed by atoms with Gasteiger partial charge < -0.3 is 5.32 Å². The quantitative estimate of drug-likeness (QED) is 0.574. The molecular formula is C19H16FN5O2S. The van der Waals surface area contributed by atoms with Crippen molar-refractivity contribution in [3.05, 3.63) is 75.0 Å². The molecule has 1 amide bonds. The minimum Gasteiger partial charge on any atom is -0.346 e. The number of imidazole rings is 1. The molecule has 3 heterocycles. The maximum atomic E-state index is 13.1. The van der Waals surface area contributed by atoms with E-state index in [1.54, 1.807) is 12.1 Å². The molecule has 28 heavy (non-hydrogen) atoms. The molecule has 9 heteroatoms. The molecule has 4 rings (SSSR count). The second-order valence-electron chi connectivity index (χ2n) is 6.26. The van der Waals surface area contributed by atoms with Crippen molar-refractivity contribution in [2.75, 3.05) is 0 Å². The van der Waals surface area contributed by atoms with Crippen LogP contribution in [-0.4, -0.2) is 25.1 Å². The van der Waals surface area contributed by atoms with Gasteiger partial charge in [-0.05, 0) is 37.3 Å². The number of fused-ring (bicyclic) bond motifs is 1. The number of hydrogen-bond donors (Lipinski definition) is 1. The maximum absolute atomic E-state index is 13.1. The highest BCUT2D eigenvalue weighted by molar-refractivity contribution is 7.17. The van der Waals surface area contributed by atoms with Gasteiger partial charge in [-0.2, -0.15) is 5.10 Å². The third kappa shape index (κ3) is 3.31. The van der Waals surface area contributed by atoms with Gasteiger partial charge in [0.1, 0.15) is 11.5 Å². The highest BCUT2D eigenvalue weighted by Crippen LogP contribution is 2.27. The molecule has 0 aliphatic heterocycles. The van der Waals surface area contributed by atoms with Crippen molar-refractivity contribution < 1.29 is 9.18 Å². The van der Waals surface area contributed by atoms with Crippen LogP contribution in [0, 0.1) is 12.7 Å². The summed E-state index contributed by atoms with van der Waals surface area (Å²) in [5, 5.41) is 6.76. The van der Waals surface area contributed by atoms with E-state index in [9.17, 15) is 14.0 Å². The first-order valence-electron chi connectivity index (χ1n) is 8.48. The van der Waals surface area contributed by atoms with Gasteiger partial charge in [-0.3, -0.25) is 14.0 Å². The molecule has 142 valence electrons. The zero-order valence-corrected chi connectivity index (χ0v) is 16.0. The molecule has 0 saturated carbocycles. The Kier molecular flexibility index (Phi) is 4.52. The minimum atomic E-state index is -0.354. The number of benzene rings is 1. The van der Waals surface area contributed by atoms with Crippen LogP contribution in [-0.2, 0) is 13.6 Å². The van der Waals surface area contributed by atoms with Gasteiger partial charge >= 0.3 is 0 Å². The maximum Gasteiger partial charge on any atom is 0.272 e. The first kappa shape index (κ1) is 18.1. The zero-order valence-electron chi connectivity index (χ0n) is 15.1. The van der Waals surface area contributed by atoms with E-state index in [1.807, 2.05) is 17.5 Å². The van der Waals surface area contributed by atoms with Gasteiger partial charge in [-0.15, -0.1) is 0 Å². The Morgan fingerprint density at radius 3 is 2.64 bits per heavy atom. The van der Waals surface area contributed by atoms with Crippen LogP contribution in [0.2, 0.25) is 0 Å². The van der Waals surface area contributed by atoms with Gasteiger partial charge in [-0.1, -0.05) is 11.3 Å². The van der Waals surface area contributed by atoms with Crippen LogP contribution < -0.4 is 10.9 Å². The van der Waals surface area contributed by atoms with Crippen LogP contribution in [0.15, 0.2) is 47.4 Å². The van der Waals surface area contributed by atoms with E-state index in [4.69, 9.17) is 0 Å². The topological polar surface area (TPSA) is 81.3 Å². The molecule has 0 aliphatic rings.